The van der Waals surface area contributed by atoms with Crippen LogP contribution in [0.2, 0.25) is 0 Å². The van der Waals surface area contributed by atoms with Crippen molar-refractivity contribution in [3.63, 3.8) is 0 Å². The summed E-state index contributed by atoms with van der Waals surface area (Å²) >= 11 is 0. The van der Waals surface area contributed by atoms with Gasteiger partial charge in [0.2, 0.25) is 10.0 Å². The molecular weight excluding hydrogens is 231 g/mol. The third-order valence-electron chi connectivity index (χ3n) is 2.28. The molecule has 4 N–H and O–H groups in total. The lowest BCUT2D eigenvalue weighted by atomic mass is 10.0. The van der Waals surface area contributed by atoms with Crippen molar-refractivity contribution >= 4 is 10.0 Å². The summed E-state index contributed by atoms with van der Waals surface area (Å²) in [6.45, 7) is 2.07. The van der Waals surface area contributed by atoms with Crippen molar-refractivity contribution in [2.75, 3.05) is 6.54 Å². The van der Waals surface area contributed by atoms with Gasteiger partial charge < -0.3 is 5.73 Å². The Hall–Kier alpha value is -0.980. The molecule has 4 nitrogen and oxygen atoms in total. The Kier molecular flexibility index (Phi) is 4.01. The van der Waals surface area contributed by atoms with Crippen LogP contribution in [-0.2, 0) is 22.2 Å². The predicted molar refractivity (Wildman–Crippen MR) is 60.7 cm³/mol. The normalized spacial score (nSPS) is 11.8. The molecule has 0 heterocycles. The minimum absolute atomic E-state index is 0.349. The fourth-order valence-corrected chi connectivity index (χ4v) is 2.25. The molecule has 0 bridgehead atoms. The number of rotatable bonds is 4. The highest BCUT2D eigenvalue weighted by molar-refractivity contribution is 7.88. The van der Waals surface area contributed by atoms with Crippen molar-refractivity contribution in [1.29, 1.82) is 0 Å². The van der Waals surface area contributed by atoms with Crippen molar-refractivity contribution in [1.82, 2.24) is 0 Å². The van der Waals surface area contributed by atoms with Gasteiger partial charge in [-0.15, -0.1) is 0 Å². The molecule has 0 aliphatic carbocycles. The zero-order valence-corrected chi connectivity index (χ0v) is 9.85. The van der Waals surface area contributed by atoms with E-state index in [9.17, 15) is 12.8 Å². The molecule has 0 aliphatic rings. The lowest BCUT2D eigenvalue weighted by Crippen LogP contribution is -2.16. The molecule has 0 atom stereocenters. The Morgan fingerprint density at radius 2 is 1.94 bits per heavy atom. The van der Waals surface area contributed by atoms with Crippen LogP contribution < -0.4 is 10.9 Å². The van der Waals surface area contributed by atoms with Gasteiger partial charge >= 0.3 is 0 Å². The smallest absolute Gasteiger partial charge is 0.213 e. The molecule has 0 spiro atoms. The third kappa shape index (κ3) is 3.55. The van der Waals surface area contributed by atoms with Crippen LogP contribution in [0.15, 0.2) is 12.1 Å². The molecule has 1 rings (SSSR count). The zero-order chi connectivity index (χ0) is 12.3. The van der Waals surface area contributed by atoms with Gasteiger partial charge in [-0.2, -0.15) is 0 Å². The van der Waals surface area contributed by atoms with E-state index < -0.39 is 15.8 Å². The van der Waals surface area contributed by atoms with E-state index in [1.54, 1.807) is 13.0 Å². The van der Waals surface area contributed by atoms with Crippen LogP contribution in [0.5, 0.6) is 0 Å². The first kappa shape index (κ1) is 13.1. The highest BCUT2D eigenvalue weighted by Crippen LogP contribution is 2.17. The second kappa shape index (κ2) is 4.90. The Morgan fingerprint density at radius 1 is 1.31 bits per heavy atom. The van der Waals surface area contributed by atoms with E-state index in [0.717, 1.165) is 0 Å². The van der Waals surface area contributed by atoms with Gasteiger partial charge in [-0.1, -0.05) is 6.07 Å². The summed E-state index contributed by atoms with van der Waals surface area (Å²) in [7, 11) is -3.63. The fraction of sp³-hybridized carbons (Fsp3) is 0.400. The summed E-state index contributed by atoms with van der Waals surface area (Å²) < 4.78 is 35.3. The standard InChI is InChI=1S/C10H15FN2O2S/c1-7-4-8(2-3-12)10(11)5-9(7)6-16(13,14)15/h4-5H,2-3,6,12H2,1H3,(H2,13,14,15). The molecule has 0 aliphatic heterocycles. The quantitative estimate of drug-likeness (QED) is 0.807. The van der Waals surface area contributed by atoms with E-state index in [4.69, 9.17) is 10.9 Å². The van der Waals surface area contributed by atoms with Gasteiger partial charge in [-0.25, -0.2) is 17.9 Å². The maximum atomic E-state index is 13.5. The molecule has 0 radical (unpaired) electrons. The molecule has 0 saturated carbocycles. The molecule has 6 heteroatoms. The number of nitrogens with two attached hydrogens (primary N) is 2. The second-order valence-corrected chi connectivity index (χ2v) is 5.33. The summed E-state index contributed by atoms with van der Waals surface area (Å²) in [6, 6.07) is 2.83. The van der Waals surface area contributed by atoms with Crippen LogP contribution in [0.4, 0.5) is 4.39 Å². The maximum absolute atomic E-state index is 13.5. The minimum atomic E-state index is -3.63. The molecule has 90 valence electrons. The summed E-state index contributed by atoms with van der Waals surface area (Å²) in [5, 5.41) is 4.91. The van der Waals surface area contributed by atoms with E-state index in [1.807, 2.05) is 0 Å². The Bertz CT molecular complexity index is 486. The number of hydrogen-bond acceptors (Lipinski definition) is 3. The first-order valence-electron chi connectivity index (χ1n) is 4.82. The number of sulfonamides is 1. The van der Waals surface area contributed by atoms with Crippen LogP contribution in [0.1, 0.15) is 16.7 Å². The number of benzene rings is 1. The van der Waals surface area contributed by atoms with Gasteiger partial charge in [-0.3, -0.25) is 0 Å². The van der Waals surface area contributed by atoms with Crippen LogP contribution >= 0.6 is 0 Å². The molecule has 1 aromatic carbocycles. The van der Waals surface area contributed by atoms with Gasteiger partial charge in [0, 0.05) is 0 Å². The molecule has 0 saturated heterocycles. The van der Waals surface area contributed by atoms with Crippen LogP contribution in [0.3, 0.4) is 0 Å². The van der Waals surface area contributed by atoms with E-state index in [2.05, 4.69) is 0 Å². The fourth-order valence-electron chi connectivity index (χ4n) is 1.50. The van der Waals surface area contributed by atoms with Crippen LogP contribution in [-0.4, -0.2) is 15.0 Å². The summed E-state index contributed by atoms with van der Waals surface area (Å²) in [5.74, 6) is -0.784. The van der Waals surface area contributed by atoms with Gasteiger partial charge in [-0.05, 0) is 42.6 Å². The third-order valence-corrected chi connectivity index (χ3v) is 2.99. The molecule has 16 heavy (non-hydrogen) atoms. The van der Waals surface area contributed by atoms with Crippen molar-refractivity contribution in [3.8, 4) is 0 Å². The van der Waals surface area contributed by atoms with E-state index in [-0.39, 0.29) is 5.75 Å². The largest absolute Gasteiger partial charge is 0.330 e. The maximum Gasteiger partial charge on any atom is 0.213 e. The lowest BCUT2D eigenvalue weighted by Gasteiger charge is -2.08. The van der Waals surface area contributed by atoms with E-state index in [0.29, 0.717) is 29.7 Å². The summed E-state index contributed by atoms with van der Waals surface area (Å²) in [6.07, 6.45) is 0.433. The van der Waals surface area contributed by atoms with Gasteiger partial charge in [0.25, 0.3) is 0 Å². The molecular formula is C10H15FN2O2S. The predicted octanol–water partition coefficient (Wildman–Crippen LogP) is 0.424. The molecule has 1 aromatic rings. The van der Waals surface area contributed by atoms with Crippen molar-refractivity contribution in [3.05, 3.63) is 34.6 Å². The Balaban J connectivity index is 3.10. The number of halogens is 1. The number of aryl methyl sites for hydroxylation is 1. The second-order valence-electron chi connectivity index (χ2n) is 3.72. The SMILES string of the molecule is Cc1cc(CCN)c(F)cc1CS(N)(=O)=O. The highest BCUT2D eigenvalue weighted by Gasteiger charge is 2.11. The molecule has 0 unspecified atom stereocenters. The Morgan fingerprint density at radius 3 is 2.44 bits per heavy atom. The van der Waals surface area contributed by atoms with Gasteiger partial charge in [0.1, 0.15) is 5.82 Å². The molecule has 0 amide bonds. The van der Waals surface area contributed by atoms with E-state index >= 15 is 0 Å². The topological polar surface area (TPSA) is 86.2 Å². The van der Waals surface area contributed by atoms with Crippen LogP contribution in [0.25, 0.3) is 0 Å². The summed E-state index contributed by atoms with van der Waals surface area (Å²) in [5.41, 5.74) is 6.93. The average molecular weight is 246 g/mol. The highest BCUT2D eigenvalue weighted by atomic mass is 32.2. The first-order chi connectivity index (χ1) is 7.33. The number of primary sulfonamides is 1. The Labute approximate surface area is 94.5 Å². The average Bonchev–Trinajstić information content (AvgIpc) is 2.11. The van der Waals surface area contributed by atoms with Crippen molar-refractivity contribution in [2.24, 2.45) is 10.9 Å². The van der Waals surface area contributed by atoms with E-state index in [1.165, 1.54) is 6.07 Å². The first-order valence-corrected chi connectivity index (χ1v) is 6.53. The number of hydrogen-bond donors (Lipinski definition) is 2. The minimum Gasteiger partial charge on any atom is -0.330 e. The molecule has 0 aromatic heterocycles. The van der Waals surface area contributed by atoms with Crippen molar-refractivity contribution in [2.45, 2.75) is 19.1 Å². The van der Waals surface area contributed by atoms with Gasteiger partial charge in [0.05, 0.1) is 5.75 Å². The lowest BCUT2D eigenvalue weighted by molar-refractivity contribution is 0.594. The van der Waals surface area contributed by atoms with Gasteiger partial charge in [0.15, 0.2) is 0 Å². The zero-order valence-electron chi connectivity index (χ0n) is 9.03. The molecule has 0 fully saturated rings. The monoisotopic (exact) mass is 246 g/mol. The van der Waals surface area contributed by atoms with Crippen LogP contribution in [0, 0.1) is 12.7 Å². The van der Waals surface area contributed by atoms with Crippen molar-refractivity contribution < 1.29 is 12.8 Å². The summed E-state index contributed by atoms with van der Waals surface area (Å²) in [4.78, 5) is 0.